The van der Waals surface area contributed by atoms with Crippen LogP contribution in [0.5, 0.6) is 11.5 Å². The maximum Gasteiger partial charge on any atom is 0.357 e. The van der Waals surface area contributed by atoms with E-state index in [0.29, 0.717) is 0 Å². The number of halogens is 1. The van der Waals surface area contributed by atoms with Gasteiger partial charge >= 0.3 is 5.97 Å². The predicted molar refractivity (Wildman–Crippen MR) is 42.1 cm³/mol. The van der Waals surface area contributed by atoms with E-state index in [0.717, 1.165) is 6.20 Å². The van der Waals surface area contributed by atoms with Crippen molar-refractivity contribution >= 4 is 5.97 Å². The molecule has 0 fully saturated rings. The first-order chi connectivity index (χ1) is 8.16. The lowest BCUT2D eigenvalue weighted by Gasteiger charge is -2.18. The van der Waals surface area contributed by atoms with E-state index in [1.807, 2.05) is 0 Å². The lowest BCUT2D eigenvalue weighted by atomic mass is 10.3. The van der Waals surface area contributed by atoms with Crippen LogP contribution in [0.25, 0.3) is 0 Å². The first kappa shape index (κ1) is 5.14. The van der Waals surface area contributed by atoms with Gasteiger partial charge < -0.3 is 14.6 Å². The van der Waals surface area contributed by atoms with Crippen LogP contribution in [0.15, 0.2) is 6.20 Å². The van der Waals surface area contributed by atoms with Crippen molar-refractivity contribution in [1.82, 2.24) is 4.98 Å². The van der Waals surface area contributed by atoms with Gasteiger partial charge in [0.25, 0.3) is 0 Å². The van der Waals surface area contributed by atoms with Gasteiger partial charge in [-0.05, 0) is 0 Å². The molecule has 2 rings (SSSR count). The summed E-state index contributed by atoms with van der Waals surface area (Å²) in [5.74, 6) is -4.40. The van der Waals surface area contributed by atoms with Crippen molar-refractivity contribution < 1.29 is 29.2 Å². The molecule has 0 atom stereocenters. The zero-order valence-corrected chi connectivity index (χ0v) is 6.57. The number of aromatic nitrogens is 1. The molecule has 1 aromatic rings. The van der Waals surface area contributed by atoms with E-state index in [2.05, 4.69) is 14.5 Å². The van der Waals surface area contributed by atoms with Crippen molar-refractivity contribution in [3.63, 3.8) is 0 Å². The molecule has 0 spiro atoms. The van der Waals surface area contributed by atoms with Crippen LogP contribution >= 0.6 is 0 Å². The Kier molecular flexibility index (Phi) is 1.15. The first-order valence-electron chi connectivity index (χ1n) is 5.45. The Morgan fingerprint density at radius 3 is 3.07 bits per heavy atom. The largest absolute Gasteiger partial charge is 0.484 e. The number of carboxylic acid groups (broad SMARTS) is 1. The van der Waals surface area contributed by atoms with E-state index < -0.39 is 42.1 Å². The third-order valence-corrected chi connectivity index (χ3v) is 1.50. The number of nitrogens with zero attached hydrogens (tertiary/aromatic N) is 1. The van der Waals surface area contributed by atoms with E-state index in [4.69, 9.17) is 10.6 Å². The van der Waals surface area contributed by atoms with Gasteiger partial charge in [-0.15, -0.1) is 0 Å². The minimum Gasteiger partial charge on any atom is -0.484 e. The molecule has 1 aliphatic heterocycles. The topological polar surface area (TPSA) is 68.7 Å². The van der Waals surface area contributed by atoms with E-state index >= 15 is 0 Å². The second-order valence-corrected chi connectivity index (χ2v) is 2.33. The van der Waals surface area contributed by atoms with Crippen LogP contribution in [0.2, 0.25) is 0 Å². The molecule has 0 aromatic carbocycles. The fourth-order valence-corrected chi connectivity index (χ4v) is 0.919. The molecular weight excluding hydrogens is 193 g/mol. The van der Waals surface area contributed by atoms with Gasteiger partial charge in [0.15, 0.2) is 11.4 Å². The van der Waals surface area contributed by atoms with Crippen LogP contribution in [-0.2, 0) is 0 Å². The molecule has 6 heteroatoms. The second-order valence-electron chi connectivity index (χ2n) is 2.33. The molecule has 0 bridgehead atoms. The summed E-state index contributed by atoms with van der Waals surface area (Å²) in [6, 6.07) is 0. The number of pyridine rings is 1. The van der Waals surface area contributed by atoms with Crippen LogP contribution in [0, 0.1) is 5.82 Å². The smallest absolute Gasteiger partial charge is 0.357 e. The van der Waals surface area contributed by atoms with Gasteiger partial charge in [0, 0.05) is 0 Å². The SMILES string of the molecule is [2H]C1([2H])Oc2cnc(C(=O)O)c(F)c2OC1([2H])[2H]. The number of fused-ring (bicyclic) bond motifs is 1. The minimum atomic E-state index is -2.96. The molecule has 0 radical (unpaired) electrons. The third kappa shape index (κ3) is 1.24. The van der Waals surface area contributed by atoms with E-state index in [1.165, 1.54) is 0 Å². The molecule has 1 N–H and O–H groups in total. The average Bonchev–Trinajstić information content (AvgIpc) is 2.20. The fraction of sp³-hybridized carbons (Fsp3) is 0.250. The van der Waals surface area contributed by atoms with Crippen molar-refractivity contribution in [3.8, 4) is 11.5 Å². The van der Waals surface area contributed by atoms with Gasteiger partial charge in [0.2, 0.25) is 11.6 Å². The summed E-state index contributed by atoms with van der Waals surface area (Å²) in [6.07, 6.45) is 0.759. The molecule has 5 nitrogen and oxygen atoms in total. The zero-order chi connectivity index (χ0) is 13.7. The lowest BCUT2D eigenvalue weighted by molar-refractivity contribution is 0.0681. The van der Waals surface area contributed by atoms with Crippen LogP contribution < -0.4 is 9.47 Å². The molecule has 1 aromatic heterocycles. The van der Waals surface area contributed by atoms with E-state index in [9.17, 15) is 9.18 Å². The summed E-state index contributed by atoms with van der Waals surface area (Å²) in [6.45, 7) is -5.81. The fourth-order valence-electron chi connectivity index (χ4n) is 0.919. The molecule has 1 aliphatic rings. The standard InChI is InChI=1S/C8H6FNO4/c9-5-6(8(11)12)10-3-4-7(5)14-2-1-13-4/h3H,1-2H2,(H,11,12)/i1D2,2D2. The van der Waals surface area contributed by atoms with Crippen LogP contribution in [0.3, 0.4) is 0 Å². The maximum absolute atomic E-state index is 13.7. The molecule has 0 aliphatic carbocycles. The van der Waals surface area contributed by atoms with Crippen LogP contribution in [0.1, 0.15) is 16.0 Å². The Balaban J connectivity index is 2.58. The summed E-state index contributed by atoms with van der Waals surface area (Å²) in [4.78, 5) is 13.9. The van der Waals surface area contributed by atoms with Crippen molar-refractivity contribution in [2.24, 2.45) is 0 Å². The van der Waals surface area contributed by atoms with Crippen molar-refractivity contribution in [3.05, 3.63) is 17.7 Å². The predicted octanol–water partition coefficient (Wildman–Crippen LogP) is 0.690. The first-order valence-corrected chi connectivity index (χ1v) is 3.45. The van der Waals surface area contributed by atoms with Gasteiger partial charge in [0.05, 0.1) is 11.7 Å². The highest BCUT2D eigenvalue weighted by molar-refractivity contribution is 5.86. The van der Waals surface area contributed by atoms with Gasteiger partial charge in [-0.25, -0.2) is 14.2 Å². The molecule has 0 saturated carbocycles. The normalized spacial score (nSPS) is 25.2. The number of carbonyl (C=O) groups is 1. The van der Waals surface area contributed by atoms with Crippen molar-refractivity contribution in [2.75, 3.05) is 13.1 Å². The molecule has 0 unspecified atom stereocenters. The summed E-state index contributed by atoms with van der Waals surface area (Å²) >= 11 is 0. The van der Waals surface area contributed by atoms with Gasteiger partial charge in [0.1, 0.15) is 13.1 Å². The number of hydrogen-bond acceptors (Lipinski definition) is 4. The van der Waals surface area contributed by atoms with Crippen molar-refractivity contribution in [1.29, 1.82) is 0 Å². The van der Waals surface area contributed by atoms with E-state index in [-0.39, 0.29) is 0 Å². The highest BCUT2D eigenvalue weighted by Crippen LogP contribution is 2.32. The van der Waals surface area contributed by atoms with Crippen LogP contribution in [-0.4, -0.2) is 29.2 Å². The number of carboxylic acids is 1. The summed E-state index contributed by atoms with van der Waals surface area (Å²) < 4.78 is 51.7. The quantitative estimate of drug-likeness (QED) is 0.727. The number of ether oxygens (including phenoxy) is 2. The van der Waals surface area contributed by atoms with Gasteiger partial charge in [-0.3, -0.25) is 0 Å². The third-order valence-electron chi connectivity index (χ3n) is 1.50. The molecule has 0 saturated heterocycles. The summed E-state index contributed by atoms with van der Waals surface area (Å²) in [5.41, 5.74) is -0.962. The Hall–Kier alpha value is -1.85. The second kappa shape index (κ2) is 3.13. The Labute approximate surface area is 83.7 Å². The number of aromatic carboxylic acids is 1. The monoisotopic (exact) mass is 203 g/mol. The molecular formula is C8H6FNO4. The summed E-state index contributed by atoms with van der Waals surface area (Å²) in [5, 5.41) is 8.63. The zero-order valence-electron chi connectivity index (χ0n) is 10.6. The maximum atomic E-state index is 13.7. The molecule has 0 amide bonds. The Morgan fingerprint density at radius 2 is 2.36 bits per heavy atom. The lowest BCUT2D eigenvalue weighted by Crippen LogP contribution is -2.18. The number of hydrogen-bond donors (Lipinski definition) is 1. The molecule has 74 valence electrons. The molecule has 14 heavy (non-hydrogen) atoms. The highest BCUT2D eigenvalue weighted by atomic mass is 19.1. The molecule has 2 heterocycles. The Morgan fingerprint density at radius 1 is 1.64 bits per heavy atom. The van der Waals surface area contributed by atoms with Gasteiger partial charge in [-0.1, -0.05) is 0 Å². The Bertz CT molecular complexity index is 536. The van der Waals surface area contributed by atoms with Crippen LogP contribution in [0.4, 0.5) is 4.39 Å². The van der Waals surface area contributed by atoms with Gasteiger partial charge in [-0.2, -0.15) is 0 Å². The van der Waals surface area contributed by atoms with E-state index in [1.54, 1.807) is 0 Å². The minimum absolute atomic E-state index is 0.502. The average molecular weight is 203 g/mol. The van der Waals surface area contributed by atoms with Crippen molar-refractivity contribution in [2.45, 2.75) is 0 Å². The number of rotatable bonds is 1. The summed E-state index contributed by atoms with van der Waals surface area (Å²) in [7, 11) is 0. The highest BCUT2D eigenvalue weighted by Gasteiger charge is 2.23.